The molecule has 0 amide bonds. The molecule has 0 saturated carbocycles. The molecule has 2 nitrogen and oxygen atoms in total. The van der Waals surface area contributed by atoms with Crippen molar-refractivity contribution in [3.05, 3.63) is 58.1 Å². The monoisotopic (exact) mass is 280 g/mol. The quantitative estimate of drug-likeness (QED) is 0.797. The molecule has 3 N–H and O–H groups in total. The highest BCUT2D eigenvalue weighted by atomic mass is 35.5. The van der Waals surface area contributed by atoms with Gasteiger partial charge in [-0.1, -0.05) is 41.4 Å². The molecule has 2 aromatic rings. The molecule has 1 unspecified atom stereocenters. The second kappa shape index (κ2) is 5.51. The topological polar surface area (TPSA) is 38.0 Å². The lowest BCUT2D eigenvalue weighted by molar-refractivity contribution is 0.886. The minimum atomic E-state index is 0.0551. The predicted molar refractivity (Wildman–Crippen MR) is 79.4 cm³/mol. The number of rotatable bonds is 3. The van der Waals surface area contributed by atoms with Crippen LogP contribution in [0.2, 0.25) is 10.0 Å². The Morgan fingerprint density at radius 2 is 1.83 bits per heavy atom. The summed E-state index contributed by atoms with van der Waals surface area (Å²) in [5.74, 6) is 0. The van der Waals surface area contributed by atoms with Gasteiger partial charge in [0.1, 0.15) is 0 Å². The van der Waals surface area contributed by atoms with Gasteiger partial charge in [0.05, 0.1) is 17.4 Å². The Morgan fingerprint density at radius 3 is 2.56 bits per heavy atom. The molecule has 0 heterocycles. The van der Waals surface area contributed by atoms with Crippen molar-refractivity contribution in [2.24, 2.45) is 0 Å². The van der Waals surface area contributed by atoms with E-state index in [0.29, 0.717) is 10.7 Å². The molecule has 1 atom stereocenters. The van der Waals surface area contributed by atoms with Gasteiger partial charge in [0.15, 0.2) is 0 Å². The Hall–Kier alpha value is -1.38. The van der Waals surface area contributed by atoms with Crippen LogP contribution in [0.3, 0.4) is 0 Å². The van der Waals surface area contributed by atoms with Gasteiger partial charge in [-0.3, -0.25) is 0 Å². The SMILES string of the molecule is CC(Nc1cc(Cl)ccc1N)c1ccccc1Cl. The molecule has 0 fully saturated rings. The molecule has 4 heteroatoms. The zero-order valence-electron chi connectivity index (χ0n) is 9.95. The van der Waals surface area contributed by atoms with Crippen LogP contribution < -0.4 is 11.1 Å². The number of hydrogen-bond acceptors (Lipinski definition) is 2. The van der Waals surface area contributed by atoms with Crippen LogP contribution in [0.25, 0.3) is 0 Å². The molecule has 2 aromatic carbocycles. The zero-order chi connectivity index (χ0) is 13.1. The summed E-state index contributed by atoms with van der Waals surface area (Å²) in [6.07, 6.45) is 0. The lowest BCUT2D eigenvalue weighted by Crippen LogP contribution is -2.08. The van der Waals surface area contributed by atoms with Gasteiger partial charge in [-0.15, -0.1) is 0 Å². The van der Waals surface area contributed by atoms with E-state index >= 15 is 0 Å². The molecule has 2 rings (SSSR count). The van der Waals surface area contributed by atoms with E-state index in [4.69, 9.17) is 28.9 Å². The number of halogens is 2. The summed E-state index contributed by atoms with van der Waals surface area (Å²) in [5, 5.41) is 4.70. The highest BCUT2D eigenvalue weighted by Crippen LogP contribution is 2.29. The fraction of sp³-hybridized carbons (Fsp3) is 0.143. The Kier molecular flexibility index (Phi) is 4.00. The molecule has 0 radical (unpaired) electrons. The molecule has 18 heavy (non-hydrogen) atoms. The van der Waals surface area contributed by atoms with Crippen molar-refractivity contribution >= 4 is 34.6 Å². The van der Waals surface area contributed by atoms with Crippen LogP contribution in [-0.2, 0) is 0 Å². The Bertz CT molecular complexity index is 555. The molecule has 0 spiro atoms. The molecule has 0 saturated heterocycles. The van der Waals surface area contributed by atoms with Gasteiger partial charge in [-0.2, -0.15) is 0 Å². The first-order valence-electron chi connectivity index (χ1n) is 5.64. The number of benzene rings is 2. The largest absolute Gasteiger partial charge is 0.397 e. The van der Waals surface area contributed by atoms with Crippen molar-refractivity contribution in [2.75, 3.05) is 11.1 Å². The molecule has 94 valence electrons. The summed E-state index contributed by atoms with van der Waals surface area (Å²) >= 11 is 12.1. The molecular weight excluding hydrogens is 267 g/mol. The number of anilines is 2. The first-order chi connectivity index (χ1) is 8.58. The van der Waals surface area contributed by atoms with E-state index in [9.17, 15) is 0 Å². The maximum absolute atomic E-state index is 6.16. The minimum Gasteiger partial charge on any atom is -0.397 e. The maximum Gasteiger partial charge on any atom is 0.0593 e. The predicted octanol–water partition coefficient (Wildman–Crippen LogP) is 4.75. The molecule has 0 aliphatic carbocycles. The van der Waals surface area contributed by atoms with Crippen LogP contribution in [0.1, 0.15) is 18.5 Å². The van der Waals surface area contributed by atoms with Gasteiger partial charge < -0.3 is 11.1 Å². The van der Waals surface area contributed by atoms with Gasteiger partial charge in [-0.05, 0) is 36.8 Å². The summed E-state index contributed by atoms with van der Waals surface area (Å²) in [7, 11) is 0. The molecule has 0 bridgehead atoms. The number of nitrogen functional groups attached to an aromatic ring is 1. The number of nitrogens with one attached hydrogen (secondary N) is 1. The number of nitrogens with two attached hydrogens (primary N) is 1. The maximum atomic E-state index is 6.16. The summed E-state index contributed by atoms with van der Waals surface area (Å²) in [6.45, 7) is 2.03. The second-order valence-corrected chi connectivity index (χ2v) is 4.96. The van der Waals surface area contributed by atoms with Crippen LogP contribution in [0.15, 0.2) is 42.5 Å². The Morgan fingerprint density at radius 1 is 1.11 bits per heavy atom. The fourth-order valence-electron chi connectivity index (χ4n) is 1.79. The van der Waals surface area contributed by atoms with Gasteiger partial charge in [0, 0.05) is 10.0 Å². The van der Waals surface area contributed by atoms with Crippen LogP contribution in [-0.4, -0.2) is 0 Å². The first-order valence-corrected chi connectivity index (χ1v) is 6.39. The third kappa shape index (κ3) is 2.89. The lowest BCUT2D eigenvalue weighted by Gasteiger charge is -2.18. The molecule has 0 aromatic heterocycles. The van der Waals surface area contributed by atoms with Crippen molar-refractivity contribution in [2.45, 2.75) is 13.0 Å². The third-order valence-electron chi connectivity index (χ3n) is 2.76. The van der Waals surface area contributed by atoms with Crippen molar-refractivity contribution in [1.29, 1.82) is 0 Å². The van der Waals surface area contributed by atoms with E-state index in [2.05, 4.69) is 5.32 Å². The highest BCUT2D eigenvalue weighted by molar-refractivity contribution is 6.31. The van der Waals surface area contributed by atoms with E-state index in [1.54, 1.807) is 12.1 Å². The Labute approximate surface area is 117 Å². The summed E-state index contributed by atoms with van der Waals surface area (Å²) < 4.78 is 0. The van der Waals surface area contributed by atoms with Crippen LogP contribution >= 0.6 is 23.2 Å². The van der Waals surface area contributed by atoms with E-state index in [1.165, 1.54) is 0 Å². The van der Waals surface area contributed by atoms with Gasteiger partial charge >= 0.3 is 0 Å². The van der Waals surface area contributed by atoms with Crippen LogP contribution in [0, 0.1) is 0 Å². The first kappa shape index (κ1) is 13.1. The average molecular weight is 281 g/mol. The summed E-state index contributed by atoms with van der Waals surface area (Å²) in [4.78, 5) is 0. The van der Waals surface area contributed by atoms with Gasteiger partial charge in [0.2, 0.25) is 0 Å². The molecular formula is C14H14Cl2N2. The Balaban J connectivity index is 2.24. The minimum absolute atomic E-state index is 0.0551. The van der Waals surface area contributed by atoms with Gasteiger partial charge in [-0.25, -0.2) is 0 Å². The zero-order valence-corrected chi connectivity index (χ0v) is 11.5. The molecule has 0 aliphatic rings. The smallest absolute Gasteiger partial charge is 0.0593 e. The second-order valence-electron chi connectivity index (χ2n) is 4.12. The average Bonchev–Trinajstić information content (AvgIpc) is 2.34. The fourth-order valence-corrected chi connectivity index (χ4v) is 2.26. The normalized spacial score (nSPS) is 12.2. The van der Waals surface area contributed by atoms with Crippen LogP contribution in [0.5, 0.6) is 0 Å². The summed E-state index contributed by atoms with van der Waals surface area (Å²) in [5.41, 5.74) is 8.41. The van der Waals surface area contributed by atoms with Crippen molar-refractivity contribution in [1.82, 2.24) is 0 Å². The van der Waals surface area contributed by atoms with E-state index in [0.717, 1.165) is 16.3 Å². The van der Waals surface area contributed by atoms with Crippen LogP contribution in [0.4, 0.5) is 11.4 Å². The number of hydrogen-bond donors (Lipinski definition) is 2. The van der Waals surface area contributed by atoms with E-state index < -0.39 is 0 Å². The third-order valence-corrected chi connectivity index (χ3v) is 3.34. The standard InChI is InChI=1S/C14H14Cl2N2/c1-9(11-4-2-3-5-12(11)16)18-14-8-10(15)6-7-13(14)17/h2-9,18H,17H2,1H3. The van der Waals surface area contributed by atoms with E-state index in [1.807, 2.05) is 37.3 Å². The van der Waals surface area contributed by atoms with Crippen molar-refractivity contribution < 1.29 is 0 Å². The van der Waals surface area contributed by atoms with E-state index in [-0.39, 0.29) is 6.04 Å². The highest BCUT2D eigenvalue weighted by Gasteiger charge is 2.10. The van der Waals surface area contributed by atoms with Crippen molar-refractivity contribution in [3.8, 4) is 0 Å². The lowest BCUT2D eigenvalue weighted by atomic mass is 10.1. The van der Waals surface area contributed by atoms with Crippen molar-refractivity contribution in [3.63, 3.8) is 0 Å². The molecule has 0 aliphatic heterocycles. The van der Waals surface area contributed by atoms with Gasteiger partial charge in [0.25, 0.3) is 0 Å². The summed E-state index contributed by atoms with van der Waals surface area (Å²) in [6, 6.07) is 13.1.